The number of aromatic nitrogens is 1. The number of anilines is 1. The Bertz CT molecular complexity index is 1630. The van der Waals surface area contributed by atoms with E-state index in [1.807, 2.05) is 30.3 Å². The standard InChI is InChI=1S/C26H22N4O5S/c1-3-35-25(34)19-14(2)28-26-30(21(19)15-9-5-4-6-10-15)24(33)22(36-26)20-16-11-7-8-12-17(16)29(23(20)32)13-18(27)31/h4-12,21H,3,13H2,1-2H3,(H2,27,31)/t21-/m0/s1. The number of hydrogen-bond donors (Lipinski definition) is 1. The Balaban J connectivity index is 1.81. The lowest BCUT2D eigenvalue weighted by atomic mass is 9.96. The third-order valence-electron chi connectivity index (χ3n) is 6.07. The summed E-state index contributed by atoms with van der Waals surface area (Å²) in [4.78, 5) is 58.2. The first kappa shape index (κ1) is 23.4. The Labute approximate surface area is 209 Å². The van der Waals surface area contributed by atoms with Crippen LogP contribution in [0.25, 0.3) is 5.57 Å². The molecule has 0 saturated carbocycles. The fourth-order valence-corrected chi connectivity index (χ4v) is 5.74. The van der Waals surface area contributed by atoms with Crippen LogP contribution in [0.2, 0.25) is 0 Å². The third kappa shape index (κ3) is 3.66. The molecule has 0 spiro atoms. The molecule has 5 rings (SSSR count). The second kappa shape index (κ2) is 9.04. The fraction of sp³-hybridized carbons (Fsp3) is 0.192. The van der Waals surface area contributed by atoms with Crippen LogP contribution in [0, 0.1) is 0 Å². The first-order valence-corrected chi connectivity index (χ1v) is 12.1. The van der Waals surface area contributed by atoms with Crippen molar-refractivity contribution in [2.24, 2.45) is 10.7 Å². The highest BCUT2D eigenvalue weighted by molar-refractivity contribution is 7.07. The van der Waals surface area contributed by atoms with Crippen molar-refractivity contribution in [2.45, 2.75) is 19.9 Å². The van der Waals surface area contributed by atoms with Gasteiger partial charge in [-0.15, -0.1) is 0 Å². The van der Waals surface area contributed by atoms with Gasteiger partial charge in [0.25, 0.3) is 11.5 Å². The topological polar surface area (TPSA) is 124 Å². The summed E-state index contributed by atoms with van der Waals surface area (Å²) in [6, 6.07) is 15.3. The number of ether oxygens (including phenoxy) is 1. The van der Waals surface area contributed by atoms with E-state index >= 15 is 0 Å². The van der Waals surface area contributed by atoms with Crippen LogP contribution in [0.4, 0.5) is 5.69 Å². The van der Waals surface area contributed by atoms with Gasteiger partial charge in [0.15, 0.2) is 4.80 Å². The van der Waals surface area contributed by atoms with E-state index in [0.717, 1.165) is 11.3 Å². The maximum Gasteiger partial charge on any atom is 0.338 e. The minimum Gasteiger partial charge on any atom is -0.463 e. The van der Waals surface area contributed by atoms with E-state index in [1.165, 1.54) is 9.47 Å². The van der Waals surface area contributed by atoms with Crippen molar-refractivity contribution < 1.29 is 19.1 Å². The van der Waals surface area contributed by atoms with Gasteiger partial charge in [-0.3, -0.25) is 23.9 Å². The Morgan fingerprint density at radius 3 is 2.47 bits per heavy atom. The number of allylic oxidation sites excluding steroid dienone is 1. The summed E-state index contributed by atoms with van der Waals surface area (Å²) < 4.78 is 6.92. The summed E-state index contributed by atoms with van der Waals surface area (Å²) in [5.41, 5.74) is 7.56. The number of amides is 2. The summed E-state index contributed by atoms with van der Waals surface area (Å²) in [7, 11) is 0. The number of nitrogens with two attached hydrogens (primary N) is 1. The van der Waals surface area contributed by atoms with Crippen LogP contribution < -0.4 is 25.5 Å². The minimum atomic E-state index is -0.774. The van der Waals surface area contributed by atoms with Crippen LogP contribution in [0.15, 0.2) is 75.7 Å². The number of carbonyl (C=O) groups excluding carboxylic acids is 3. The van der Waals surface area contributed by atoms with E-state index in [2.05, 4.69) is 4.99 Å². The zero-order chi connectivity index (χ0) is 25.6. The monoisotopic (exact) mass is 502 g/mol. The quantitative estimate of drug-likeness (QED) is 0.522. The van der Waals surface area contributed by atoms with Crippen molar-refractivity contribution in [2.75, 3.05) is 18.1 Å². The van der Waals surface area contributed by atoms with Crippen LogP contribution >= 0.6 is 11.3 Å². The van der Waals surface area contributed by atoms with E-state index < -0.39 is 29.4 Å². The number of hydrogen-bond acceptors (Lipinski definition) is 7. The second-order valence-electron chi connectivity index (χ2n) is 8.28. The average Bonchev–Trinajstić information content (AvgIpc) is 3.31. The van der Waals surface area contributed by atoms with Gasteiger partial charge in [-0.2, -0.15) is 0 Å². The number of nitrogens with zero attached hydrogens (tertiary/aromatic N) is 3. The molecule has 2 amide bonds. The van der Waals surface area contributed by atoms with Gasteiger partial charge in [0, 0.05) is 5.56 Å². The van der Waals surface area contributed by atoms with Crippen molar-refractivity contribution in [3.8, 4) is 0 Å². The van der Waals surface area contributed by atoms with Crippen molar-refractivity contribution in [3.05, 3.63) is 96.7 Å². The normalized spacial score (nSPS) is 18.0. The Morgan fingerprint density at radius 2 is 1.78 bits per heavy atom. The van der Waals surface area contributed by atoms with Gasteiger partial charge >= 0.3 is 5.97 Å². The second-order valence-corrected chi connectivity index (χ2v) is 9.26. The van der Waals surface area contributed by atoms with Crippen molar-refractivity contribution in [1.82, 2.24) is 4.57 Å². The largest absolute Gasteiger partial charge is 0.463 e. The molecule has 0 fully saturated rings. The molecule has 1 aromatic heterocycles. The zero-order valence-electron chi connectivity index (χ0n) is 19.6. The maximum atomic E-state index is 14.0. The molecule has 1 atom stereocenters. The first-order chi connectivity index (χ1) is 17.3. The molecule has 3 aromatic rings. The molecule has 2 N–H and O–H groups in total. The van der Waals surface area contributed by atoms with Gasteiger partial charge in [-0.1, -0.05) is 59.9 Å². The molecule has 0 bridgehead atoms. The van der Waals surface area contributed by atoms with E-state index in [1.54, 1.807) is 38.1 Å². The molecular weight excluding hydrogens is 480 g/mol. The van der Waals surface area contributed by atoms with E-state index in [0.29, 0.717) is 27.3 Å². The number of esters is 1. The number of benzene rings is 2. The molecule has 3 heterocycles. The number of thiazole rings is 1. The zero-order valence-corrected chi connectivity index (χ0v) is 20.4. The van der Waals surface area contributed by atoms with Crippen molar-refractivity contribution >= 4 is 40.4 Å². The SMILES string of the molecule is CCOC(=O)C1=C(C)N=c2sc(=C3C(=O)N(CC(N)=O)c4ccccc43)c(=O)n2[C@H]1c1ccccc1. The molecule has 182 valence electrons. The number of para-hydroxylation sites is 1. The molecule has 9 nitrogen and oxygen atoms in total. The predicted octanol–water partition coefficient (Wildman–Crippen LogP) is 1.00. The van der Waals surface area contributed by atoms with Crippen LogP contribution in [0.5, 0.6) is 0 Å². The van der Waals surface area contributed by atoms with E-state index in [4.69, 9.17) is 10.5 Å². The summed E-state index contributed by atoms with van der Waals surface area (Å²) in [6.45, 7) is 3.28. The molecule has 36 heavy (non-hydrogen) atoms. The summed E-state index contributed by atoms with van der Waals surface area (Å²) >= 11 is 1.07. The molecule has 0 aliphatic carbocycles. The van der Waals surface area contributed by atoms with Gasteiger partial charge in [0.1, 0.15) is 11.1 Å². The molecule has 2 aromatic carbocycles. The average molecular weight is 503 g/mol. The molecule has 2 aliphatic rings. The Hall–Kier alpha value is -4.31. The Kier molecular flexibility index (Phi) is 5.89. The molecule has 10 heteroatoms. The van der Waals surface area contributed by atoms with Gasteiger partial charge in [0.2, 0.25) is 5.91 Å². The molecule has 0 saturated heterocycles. The highest BCUT2D eigenvalue weighted by Crippen LogP contribution is 2.35. The lowest BCUT2D eigenvalue weighted by Gasteiger charge is -2.24. The highest BCUT2D eigenvalue weighted by atomic mass is 32.1. The molecule has 0 radical (unpaired) electrons. The van der Waals surface area contributed by atoms with Gasteiger partial charge in [-0.05, 0) is 25.5 Å². The summed E-state index contributed by atoms with van der Waals surface area (Å²) in [6.07, 6.45) is 0. The van der Waals surface area contributed by atoms with Crippen LogP contribution in [0.1, 0.15) is 31.0 Å². The minimum absolute atomic E-state index is 0.173. The van der Waals surface area contributed by atoms with Crippen molar-refractivity contribution in [1.29, 1.82) is 0 Å². The molecular formula is C26H22N4O5S. The van der Waals surface area contributed by atoms with Gasteiger partial charge < -0.3 is 10.5 Å². The molecule has 2 aliphatic heterocycles. The first-order valence-electron chi connectivity index (χ1n) is 11.3. The van der Waals surface area contributed by atoms with Crippen LogP contribution in [-0.4, -0.2) is 35.5 Å². The smallest absolute Gasteiger partial charge is 0.338 e. The Morgan fingerprint density at radius 1 is 1.08 bits per heavy atom. The van der Waals surface area contributed by atoms with E-state index in [9.17, 15) is 19.2 Å². The molecule has 0 unspecified atom stereocenters. The predicted molar refractivity (Wildman–Crippen MR) is 134 cm³/mol. The van der Waals surface area contributed by atoms with Crippen LogP contribution in [-0.2, 0) is 19.1 Å². The lowest BCUT2D eigenvalue weighted by Crippen LogP contribution is -2.41. The number of carbonyl (C=O) groups is 3. The van der Waals surface area contributed by atoms with Crippen molar-refractivity contribution in [3.63, 3.8) is 0 Å². The maximum absolute atomic E-state index is 14.0. The lowest BCUT2D eigenvalue weighted by molar-refractivity contribution is -0.139. The number of fused-ring (bicyclic) bond motifs is 2. The third-order valence-corrected chi connectivity index (χ3v) is 7.13. The number of primary amides is 1. The highest BCUT2D eigenvalue weighted by Gasteiger charge is 2.37. The van der Waals surface area contributed by atoms with Gasteiger partial charge in [0.05, 0.1) is 35.2 Å². The van der Waals surface area contributed by atoms with E-state index in [-0.39, 0.29) is 28.8 Å². The summed E-state index contributed by atoms with van der Waals surface area (Å²) in [5.74, 6) is -1.71. The van der Waals surface area contributed by atoms with Crippen LogP contribution in [0.3, 0.4) is 0 Å². The van der Waals surface area contributed by atoms with Gasteiger partial charge in [-0.25, -0.2) is 9.79 Å². The number of rotatable bonds is 5. The fourth-order valence-electron chi connectivity index (χ4n) is 4.60. The summed E-state index contributed by atoms with van der Waals surface area (Å²) in [5, 5.41) is 0.